The Labute approximate surface area is 171 Å². The fourth-order valence-corrected chi connectivity index (χ4v) is 3.72. The Bertz CT molecular complexity index is 1020. The number of rotatable bonds is 7. The highest BCUT2D eigenvalue weighted by Crippen LogP contribution is 2.29. The molecule has 1 heterocycles. The number of carbonyl (C=O) groups is 1. The molecule has 0 spiro atoms. The number of nitrogens with zero attached hydrogens (tertiary/aromatic N) is 1. The molecule has 3 rings (SSSR count). The van der Waals surface area contributed by atoms with E-state index < -0.39 is 10.8 Å². The molecule has 150 valence electrons. The van der Waals surface area contributed by atoms with E-state index in [1.165, 1.54) is 24.4 Å². The zero-order valence-corrected chi connectivity index (χ0v) is 16.8. The number of pyridine rings is 1. The molecule has 0 saturated carbocycles. The standard InChI is InChI=1S/C22H22FN3O2S/c1-29(28)19-4-2-3-16(13-19)20(15-5-7-18(23)8-6-15)10-12-26-22(27)17-9-11-25-21(24)14-17/h2-9,11,13-14,20H,10,12H2,1H3,(H2,24,25)(H,26,27). The summed E-state index contributed by atoms with van der Waals surface area (Å²) in [5, 5.41) is 2.89. The smallest absolute Gasteiger partial charge is 0.251 e. The molecule has 0 fully saturated rings. The lowest BCUT2D eigenvalue weighted by atomic mass is 9.88. The number of aromatic nitrogens is 1. The molecule has 2 atom stereocenters. The van der Waals surface area contributed by atoms with Crippen LogP contribution in [0.25, 0.3) is 0 Å². The van der Waals surface area contributed by atoms with Crippen molar-refractivity contribution in [1.29, 1.82) is 0 Å². The van der Waals surface area contributed by atoms with Crippen LogP contribution in [0.2, 0.25) is 0 Å². The predicted molar refractivity (Wildman–Crippen MR) is 113 cm³/mol. The van der Waals surface area contributed by atoms with Crippen LogP contribution in [0.15, 0.2) is 71.8 Å². The van der Waals surface area contributed by atoms with E-state index in [0.29, 0.717) is 18.5 Å². The summed E-state index contributed by atoms with van der Waals surface area (Å²) in [6.45, 7) is 0.405. The van der Waals surface area contributed by atoms with Crippen LogP contribution in [0.1, 0.15) is 33.8 Å². The summed E-state index contributed by atoms with van der Waals surface area (Å²) in [7, 11) is -1.10. The van der Waals surface area contributed by atoms with Crippen LogP contribution in [-0.2, 0) is 10.8 Å². The minimum absolute atomic E-state index is 0.0816. The highest BCUT2D eigenvalue weighted by molar-refractivity contribution is 7.84. The maximum absolute atomic E-state index is 13.4. The first-order chi connectivity index (χ1) is 13.9. The SMILES string of the molecule is CS(=O)c1cccc(C(CCNC(=O)c2ccnc(N)c2)c2ccc(F)cc2)c1. The van der Waals surface area contributed by atoms with E-state index in [1.807, 2.05) is 24.3 Å². The zero-order valence-electron chi connectivity index (χ0n) is 16.0. The van der Waals surface area contributed by atoms with E-state index in [2.05, 4.69) is 10.3 Å². The summed E-state index contributed by atoms with van der Waals surface area (Å²) in [6.07, 6.45) is 3.71. The zero-order chi connectivity index (χ0) is 20.8. The Kier molecular flexibility index (Phi) is 6.72. The minimum atomic E-state index is -1.10. The van der Waals surface area contributed by atoms with Gasteiger partial charge in [0.25, 0.3) is 5.91 Å². The number of amides is 1. The van der Waals surface area contributed by atoms with Crippen molar-refractivity contribution >= 4 is 22.5 Å². The molecule has 0 aliphatic carbocycles. The van der Waals surface area contributed by atoms with Crippen LogP contribution in [0.5, 0.6) is 0 Å². The number of benzene rings is 2. The predicted octanol–water partition coefficient (Wildman–Crippen LogP) is 3.49. The molecular weight excluding hydrogens is 389 g/mol. The number of hydrogen-bond donors (Lipinski definition) is 2. The number of nitrogens with one attached hydrogen (secondary N) is 1. The Morgan fingerprint density at radius 3 is 2.59 bits per heavy atom. The lowest BCUT2D eigenvalue weighted by Gasteiger charge is -2.19. The van der Waals surface area contributed by atoms with Crippen LogP contribution in [0.3, 0.4) is 0 Å². The van der Waals surface area contributed by atoms with E-state index in [1.54, 1.807) is 24.5 Å². The van der Waals surface area contributed by atoms with Gasteiger partial charge in [0.1, 0.15) is 11.6 Å². The lowest BCUT2D eigenvalue weighted by molar-refractivity contribution is 0.0952. The molecule has 29 heavy (non-hydrogen) atoms. The Balaban J connectivity index is 1.78. The highest BCUT2D eigenvalue weighted by atomic mass is 32.2. The fraction of sp³-hybridized carbons (Fsp3) is 0.182. The van der Waals surface area contributed by atoms with Crippen molar-refractivity contribution in [3.05, 3.63) is 89.4 Å². The monoisotopic (exact) mass is 411 g/mol. The average Bonchev–Trinajstić information content (AvgIpc) is 2.72. The van der Waals surface area contributed by atoms with Crippen molar-refractivity contribution in [1.82, 2.24) is 10.3 Å². The van der Waals surface area contributed by atoms with Crippen molar-refractivity contribution < 1.29 is 13.4 Å². The van der Waals surface area contributed by atoms with Crippen LogP contribution >= 0.6 is 0 Å². The topological polar surface area (TPSA) is 85.1 Å². The van der Waals surface area contributed by atoms with Crippen LogP contribution in [-0.4, -0.2) is 27.9 Å². The maximum Gasteiger partial charge on any atom is 0.251 e. The summed E-state index contributed by atoms with van der Waals surface area (Å²) in [4.78, 5) is 17.0. The van der Waals surface area contributed by atoms with Crippen molar-refractivity contribution in [2.75, 3.05) is 18.5 Å². The molecular formula is C22H22FN3O2S. The van der Waals surface area contributed by atoms with Gasteiger partial charge in [-0.25, -0.2) is 9.37 Å². The van der Waals surface area contributed by atoms with Gasteiger partial charge in [-0.2, -0.15) is 0 Å². The van der Waals surface area contributed by atoms with Gasteiger partial charge in [-0.15, -0.1) is 0 Å². The Morgan fingerprint density at radius 2 is 1.90 bits per heavy atom. The molecule has 2 unspecified atom stereocenters. The first-order valence-electron chi connectivity index (χ1n) is 9.12. The second-order valence-corrected chi connectivity index (χ2v) is 8.02. The summed E-state index contributed by atoms with van der Waals surface area (Å²) < 4.78 is 25.3. The number of anilines is 1. The quantitative estimate of drug-likeness (QED) is 0.623. The van der Waals surface area contributed by atoms with Gasteiger partial charge in [0.05, 0.1) is 0 Å². The van der Waals surface area contributed by atoms with Gasteiger partial charge in [0, 0.05) is 46.2 Å². The number of halogens is 1. The normalized spacial score (nSPS) is 12.9. The lowest BCUT2D eigenvalue weighted by Crippen LogP contribution is -2.26. The van der Waals surface area contributed by atoms with E-state index >= 15 is 0 Å². The summed E-state index contributed by atoms with van der Waals surface area (Å²) in [5.41, 5.74) is 7.96. The summed E-state index contributed by atoms with van der Waals surface area (Å²) >= 11 is 0. The fourth-order valence-electron chi connectivity index (χ4n) is 3.15. The van der Waals surface area contributed by atoms with Gasteiger partial charge in [-0.3, -0.25) is 9.00 Å². The molecule has 3 N–H and O–H groups in total. The van der Waals surface area contributed by atoms with E-state index in [9.17, 15) is 13.4 Å². The number of nitrogens with two attached hydrogens (primary N) is 1. The maximum atomic E-state index is 13.4. The van der Waals surface area contributed by atoms with Crippen molar-refractivity contribution in [3.8, 4) is 0 Å². The van der Waals surface area contributed by atoms with E-state index in [-0.39, 0.29) is 23.5 Å². The third-order valence-electron chi connectivity index (χ3n) is 4.63. The molecule has 0 radical (unpaired) electrons. The molecule has 7 heteroatoms. The van der Waals surface area contributed by atoms with E-state index in [4.69, 9.17) is 5.73 Å². The second kappa shape index (κ2) is 9.43. The first-order valence-corrected chi connectivity index (χ1v) is 10.7. The molecule has 2 aromatic carbocycles. The van der Waals surface area contributed by atoms with Gasteiger partial charge in [-0.05, 0) is 53.9 Å². The number of hydrogen-bond acceptors (Lipinski definition) is 4. The van der Waals surface area contributed by atoms with Crippen molar-refractivity contribution in [2.45, 2.75) is 17.2 Å². The van der Waals surface area contributed by atoms with Crippen molar-refractivity contribution in [3.63, 3.8) is 0 Å². The molecule has 0 bridgehead atoms. The van der Waals surface area contributed by atoms with E-state index in [0.717, 1.165) is 16.0 Å². The van der Waals surface area contributed by atoms with Gasteiger partial charge in [0.2, 0.25) is 0 Å². The average molecular weight is 412 g/mol. The Hall–Kier alpha value is -3.06. The van der Waals surface area contributed by atoms with Gasteiger partial charge >= 0.3 is 0 Å². The third-order valence-corrected chi connectivity index (χ3v) is 5.54. The van der Waals surface area contributed by atoms with Crippen molar-refractivity contribution in [2.24, 2.45) is 0 Å². The van der Waals surface area contributed by atoms with Crippen LogP contribution in [0, 0.1) is 5.82 Å². The Morgan fingerprint density at radius 1 is 1.14 bits per heavy atom. The molecule has 0 aliphatic rings. The summed E-state index contributed by atoms with van der Waals surface area (Å²) in [5.74, 6) is -0.340. The number of carbonyl (C=O) groups excluding carboxylic acids is 1. The summed E-state index contributed by atoms with van der Waals surface area (Å²) in [6, 6.07) is 17.0. The molecule has 1 amide bonds. The molecule has 0 saturated heterocycles. The molecule has 0 aliphatic heterocycles. The molecule has 5 nitrogen and oxygen atoms in total. The minimum Gasteiger partial charge on any atom is -0.384 e. The first kappa shape index (κ1) is 20.7. The second-order valence-electron chi connectivity index (χ2n) is 6.64. The largest absolute Gasteiger partial charge is 0.384 e. The molecule has 1 aromatic heterocycles. The van der Waals surface area contributed by atoms with Gasteiger partial charge in [-0.1, -0.05) is 24.3 Å². The third kappa shape index (κ3) is 5.48. The van der Waals surface area contributed by atoms with Gasteiger partial charge in [0.15, 0.2) is 0 Å². The van der Waals surface area contributed by atoms with Crippen LogP contribution < -0.4 is 11.1 Å². The molecule has 3 aromatic rings. The van der Waals surface area contributed by atoms with Crippen LogP contribution in [0.4, 0.5) is 10.2 Å². The number of nitrogen functional groups attached to an aromatic ring is 1. The highest BCUT2D eigenvalue weighted by Gasteiger charge is 2.16. The van der Waals surface area contributed by atoms with Gasteiger partial charge < -0.3 is 11.1 Å².